The Morgan fingerprint density at radius 1 is 0.953 bits per heavy atom. The highest BCUT2D eigenvalue weighted by atomic mass is 35.5. The number of rotatable bonds is 15. The molecule has 3 N–H and O–H groups in total. The number of carbonyl (C=O) groups is 1. The number of nitrogens with one attached hydrogen (secondary N) is 1. The molecule has 0 radical (unpaired) electrons. The second-order valence-electron chi connectivity index (χ2n) is 11.8. The molecule has 1 unspecified atom stereocenters. The summed E-state index contributed by atoms with van der Waals surface area (Å²) in [6, 6.07) is 24.0. The van der Waals surface area contributed by atoms with E-state index in [1.165, 1.54) is 0 Å². The molecule has 1 atom stereocenters. The smallest absolute Gasteiger partial charge is 0.408 e. The van der Waals surface area contributed by atoms with Crippen molar-refractivity contribution in [1.82, 2.24) is 5.32 Å². The van der Waals surface area contributed by atoms with Gasteiger partial charge in [0.25, 0.3) is 0 Å². The van der Waals surface area contributed by atoms with Crippen LogP contribution in [0.2, 0.25) is 5.02 Å². The predicted molar refractivity (Wildman–Crippen MR) is 174 cm³/mol. The van der Waals surface area contributed by atoms with Gasteiger partial charge in [-0.3, -0.25) is 4.57 Å². The Labute approximate surface area is 264 Å². The summed E-state index contributed by atoms with van der Waals surface area (Å²) in [4.78, 5) is 33.9. The van der Waals surface area contributed by atoms with Crippen molar-refractivity contribution in [3.8, 4) is 5.75 Å². The van der Waals surface area contributed by atoms with Gasteiger partial charge in [-0.15, -0.1) is 0 Å². The number of carbonyl (C=O) groups excluding carboxylic acids is 1. The summed E-state index contributed by atoms with van der Waals surface area (Å²) in [6.45, 7) is 7.83. The number of hydrogen-bond acceptors (Lipinski definition) is 5. The Kier molecular flexibility index (Phi) is 13.0. The van der Waals surface area contributed by atoms with Gasteiger partial charge in [0.1, 0.15) is 18.0 Å². The van der Waals surface area contributed by atoms with Crippen LogP contribution in [0.25, 0.3) is 0 Å². The Morgan fingerprint density at radius 3 is 2.33 bits per heavy atom. The molecule has 43 heavy (non-hydrogen) atoms. The van der Waals surface area contributed by atoms with Crippen molar-refractivity contribution in [3.63, 3.8) is 0 Å². The van der Waals surface area contributed by atoms with E-state index < -0.39 is 24.8 Å². The molecule has 0 heterocycles. The molecule has 0 aliphatic rings. The molecule has 3 aromatic rings. The molecule has 1 amide bonds. The summed E-state index contributed by atoms with van der Waals surface area (Å²) in [6.07, 6.45) is 2.43. The summed E-state index contributed by atoms with van der Waals surface area (Å²) in [5, 5.41) is 3.62. The van der Waals surface area contributed by atoms with E-state index in [0.29, 0.717) is 37.3 Å². The Bertz CT molecular complexity index is 1380. The average molecular weight is 648 g/mol. The zero-order valence-corrected chi connectivity index (χ0v) is 27.8. The van der Waals surface area contributed by atoms with Gasteiger partial charge in [-0.25, -0.2) is 4.79 Å². The van der Waals surface area contributed by atoms with Crippen LogP contribution in [0, 0.1) is 0 Å². The summed E-state index contributed by atoms with van der Waals surface area (Å²) >= 11 is 8.30. The second-order valence-corrected chi connectivity index (χ2v) is 15.1. The lowest BCUT2D eigenvalue weighted by molar-refractivity contribution is 0.0434. The number of amides is 1. The standard InChI is InChI=1S/C33H43ClNO6PS/c1-5-18-33(20-21-42(37,38)39,35-31(36)41-32(2,3)4)19-10-13-26-16-17-29(23-30(26)34)43-28-15-9-14-27(22-28)40-24-25-11-7-6-8-12-25/h6-9,11-12,14-17,22-23H,5,10,13,18-21,24H2,1-4H3,(H,35,36)(H2,37,38,39). The fourth-order valence-corrected chi connectivity index (χ4v) is 6.80. The topological polar surface area (TPSA) is 105 Å². The van der Waals surface area contributed by atoms with E-state index in [-0.39, 0.29) is 12.6 Å². The highest BCUT2D eigenvalue weighted by molar-refractivity contribution is 7.99. The first-order chi connectivity index (χ1) is 20.3. The lowest BCUT2D eigenvalue weighted by Gasteiger charge is -2.36. The first-order valence-electron chi connectivity index (χ1n) is 14.5. The van der Waals surface area contributed by atoms with Crippen LogP contribution in [0.4, 0.5) is 4.79 Å². The number of halogens is 1. The minimum Gasteiger partial charge on any atom is -0.489 e. The third-order valence-corrected chi connectivity index (χ3v) is 8.93. The Morgan fingerprint density at radius 2 is 1.67 bits per heavy atom. The van der Waals surface area contributed by atoms with Gasteiger partial charge in [-0.1, -0.05) is 79.2 Å². The molecule has 3 aromatic carbocycles. The molecule has 7 nitrogen and oxygen atoms in total. The van der Waals surface area contributed by atoms with E-state index in [2.05, 4.69) is 5.32 Å². The molecule has 0 bridgehead atoms. The quantitative estimate of drug-likeness (QED) is 0.141. The number of benzene rings is 3. The zero-order valence-electron chi connectivity index (χ0n) is 25.3. The molecule has 0 aliphatic carbocycles. The van der Waals surface area contributed by atoms with E-state index >= 15 is 0 Å². The Hall–Kier alpha value is -2.48. The Balaban J connectivity index is 1.64. The molecular formula is C33H43ClNO6PS. The largest absolute Gasteiger partial charge is 0.489 e. The third kappa shape index (κ3) is 13.0. The van der Waals surface area contributed by atoms with Crippen LogP contribution in [-0.2, 0) is 22.3 Å². The van der Waals surface area contributed by atoms with E-state index in [4.69, 9.17) is 21.1 Å². The molecular weight excluding hydrogens is 605 g/mol. The van der Waals surface area contributed by atoms with Gasteiger partial charge in [0.2, 0.25) is 0 Å². The van der Waals surface area contributed by atoms with Crippen molar-refractivity contribution in [2.24, 2.45) is 0 Å². The summed E-state index contributed by atoms with van der Waals surface area (Å²) in [5.41, 5.74) is 0.601. The maximum absolute atomic E-state index is 12.7. The molecule has 0 saturated heterocycles. The highest BCUT2D eigenvalue weighted by Crippen LogP contribution is 2.39. The van der Waals surface area contributed by atoms with Crippen LogP contribution in [-0.4, -0.2) is 33.2 Å². The first kappa shape index (κ1) is 35.0. The molecule has 234 valence electrons. The normalized spacial score (nSPS) is 13.3. The molecule has 0 aromatic heterocycles. The van der Waals surface area contributed by atoms with E-state index in [1.807, 2.05) is 79.7 Å². The molecule has 0 spiro atoms. The van der Waals surface area contributed by atoms with Gasteiger partial charge in [-0.2, -0.15) is 0 Å². The minimum absolute atomic E-state index is 0.155. The van der Waals surface area contributed by atoms with Gasteiger partial charge in [-0.05, 0) is 94.3 Å². The van der Waals surface area contributed by atoms with Gasteiger partial charge in [0, 0.05) is 20.4 Å². The van der Waals surface area contributed by atoms with Crippen molar-refractivity contribution in [1.29, 1.82) is 0 Å². The van der Waals surface area contributed by atoms with Crippen LogP contribution in [0.3, 0.4) is 0 Å². The fourth-order valence-electron chi connectivity index (χ4n) is 4.84. The van der Waals surface area contributed by atoms with Crippen LogP contribution < -0.4 is 10.1 Å². The van der Waals surface area contributed by atoms with Gasteiger partial charge in [0.15, 0.2) is 0 Å². The summed E-state index contributed by atoms with van der Waals surface area (Å²) < 4.78 is 23.2. The third-order valence-electron chi connectivity index (χ3n) is 6.79. The SMILES string of the molecule is CCCC(CCCc1ccc(Sc2cccc(OCc3ccccc3)c2)cc1Cl)(CCP(=O)(O)O)NC(=O)OC(C)(C)C. The highest BCUT2D eigenvalue weighted by Gasteiger charge is 2.34. The molecule has 0 fully saturated rings. The monoisotopic (exact) mass is 647 g/mol. The molecule has 0 aliphatic heterocycles. The number of ether oxygens (including phenoxy) is 2. The summed E-state index contributed by atoms with van der Waals surface area (Å²) in [7, 11) is -4.25. The molecule has 10 heteroatoms. The van der Waals surface area contributed by atoms with Crippen molar-refractivity contribution in [2.45, 2.75) is 93.8 Å². The lowest BCUT2D eigenvalue weighted by atomic mass is 9.84. The van der Waals surface area contributed by atoms with Gasteiger partial charge >= 0.3 is 13.7 Å². The van der Waals surface area contributed by atoms with Crippen LogP contribution in [0.15, 0.2) is 82.6 Å². The lowest BCUT2D eigenvalue weighted by Crippen LogP contribution is -2.50. The van der Waals surface area contributed by atoms with Crippen LogP contribution >= 0.6 is 31.0 Å². The fraction of sp³-hybridized carbons (Fsp3) is 0.424. The number of alkyl carbamates (subject to hydrolysis) is 1. The van der Waals surface area contributed by atoms with Crippen LogP contribution in [0.1, 0.15) is 70.9 Å². The average Bonchev–Trinajstić information content (AvgIpc) is 2.91. The van der Waals surface area contributed by atoms with Crippen LogP contribution in [0.5, 0.6) is 5.75 Å². The number of aryl methyl sites for hydroxylation is 1. The summed E-state index contributed by atoms with van der Waals surface area (Å²) in [5.74, 6) is 0.797. The second kappa shape index (κ2) is 16.0. The predicted octanol–water partition coefficient (Wildman–Crippen LogP) is 9.02. The minimum atomic E-state index is -4.25. The first-order valence-corrected chi connectivity index (χ1v) is 17.5. The van der Waals surface area contributed by atoms with E-state index in [1.54, 1.807) is 32.5 Å². The van der Waals surface area contributed by atoms with E-state index in [9.17, 15) is 19.1 Å². The maximum Gasteiger partial charge on any atom is 0.408 e. The number of hydrogen-bond donors (Lipinski definition) is 3. The molecule has 0 saturated carbocycles. The van der Waals surface area contributed by atoms with Gasteiger partial charge in [0.05, 0.1) is 6.16 Å². The maximum atomic E-state index is 12.7. The van der Waals surface area contributed by atoms with Crippen molar-refractivity contribution < 1.29 is 28.6 Å². The zero-order chi connectivity index (χ0) is 31.5. The molecule has 3 rings (SSSR count). The van der Waals surface area contributed by atoms with Crippen molar-refractivity contribution in [2.75, 3.05) is 6.16 Å². The van der Waals surface area contributed by atoms with E-state index in [0.717, 1.165) is 33.1 Å². The van der Waals surface area contributed by atoms with Crippen molar-refractivity contribution >= 4 is 37.1 Å². The van der Waals surface area contributed by atoms with Crippen molar-refractivity contribution in [3.05, 3.63) is 88.9 Å². The van der Waals surface area contributed by atoms with Gasteiger partial charge < -0.3 is 24.6 Å².